The highest BCUT2D eigenvalue weighted by Gasteiger charge is 2.64. The third-order valence-corrected chi connectivity index (χ3v) is 7.71. The van der Waals surface area contributed by atoms with E-state index in [9.17, 15) is 0 Å². The first-order valence-electron chi connectivity index (χ1n) is 9.22. The van der Waals surface area contributed by atoms with Crippen molar-refractivity contribution in [3.05, 3.63) is 0 Å². The predicted octanol–water partition coefficient (Wildman–Crippen LogP) is 3.77. The minimum Gasteiger partial charge on any atom is -0.313 e. The molecule has 2 aliphatic carbocycles. The molecule has 2 atom stereocenters. The number of hydrogen-bond donors (Lipinski definition) is 1. The Bertz CT molecular complexity index is 357. The van der Waals surface area contributed by atoms with E-state index in [-0.39, 0.29) is 0 Å². The van der Waals surface area contributed by atoms with Crippen LogP contribution in [0.15, 0.2) is 0 Å². The first kappa shape index (κ1) is 15.8. The van der Waals surface area contributed by atoms with E-state index in [1.54, 1.807) is 0 Å². The van der Waals surface area contributed by atoms with Crippen LogP contribution in [-0.2, 0) is 0 Å². The molecule has 122 valence electrons. The fourth-order valence-corrected chi connectivity index (χ4v) is 5.33. The van der Waals surface area contributed by atoms with Gasteiger partial charge in [0.2, 0.25) is 0 Å². The summed E-state index contributed by atoms with van der Waals surface area (Å²) in [5, 5.41) is 4.03. The van der Waals surface area contributed by atoms with E-state index in [0.29, 0.717) is 10.8 Å². The molecule has 0 aromatic carbocycles. The largest absolute Gasteiger partial charge is 0.313 e. The van der Waals surface area contributed by atoms with Crippen LogP contribution in [0.5, 0.6) is 0 Å². The zero-order valence-electron chi connectivity index (χ0n) is 15.1. The Balaban J connectivity index is 1.59. The van der Waals surface area contributed by atoms with Gasteiger partial charge in [-0.1, -0.05) is 34.1 Å². The number of nitrogens with one attached hydrogen (secondary N) is 1. The maximum Gasteiger partial charge on any atom is 0.0148 e. The lowest BCUT2D eigenvalue weighted by atomic mass is 9.73. The molecule has 3 rings (SSSR count). The zero-order chi connectivity index (χ0) is 15.4. The summed E-state index contributed by atoms with van der Waals surface area (Å²) in [6.07, 6.45) is 4.34. The molecule has 0 radical (unpaired) electrons. The van der Waals surface area contributed by atoms with E-state index < -0.39 is 0 Å². The molecule has 2 unspecified atom stereocenters. The Morgan fingerprint density at radius 1 is 1.00 bits per heavy atom. The fourth-order valence-electron chi connectivity index (χ4n) is 5.33. The van der Waals surface area contributed by atoms with Crippen molar-refractivity contribution in [2.75, 3.05) is 19.6 Å². The second-order valence-electron chi connectivity index (χ2n) is 9.43. The maximum absolute atomic E-state index is 4.03. The van der Waals surface area contributed by atoms with Gasteiger partial charge in [0.25, 0.3) is 0 Å². The van der Waals surface area contributed by atoms with E-state index in [0.717, 1.165) is 29.8 Å². The highest BCUT2D eigenvalue weighted by atomic mass is 15.2. The summed E-state index contributed by atoms with van der Waals surface area (Å²) in [6, 6.07) is 1.51. The first-order chi connectivity index (χ1) is 9.75. The van der Waals surface area contributed by atoms with Gasteiger partial charge < -0.3 is 10.2 Å². The summed E-state index contributed by atoms with van der Waals surface area (Å²) in [5.74, 6) is 2.64. The summed E-state index contributed by atoms with van der Waals surface area (Å²) >= 11 is 0. The highest BCUT2D eigenvalue weighted by molar-refractivity contribution is 5.13. The molecule has 1 heterocycles. The number of rotatable bonds is 4. The van der Waals surface area contributed by atoms with Gasteiger partial charge in [0, 0.05) is 25.2 Å². The molecule has 3 fully saturated rings. The van der Waals surface area contributed by atoms with Gasteiger partial charge in [0.1, 0.15) is 0 Å². The lowest BCUT2D eigenvalue weighted by Gasteiger charge is -2.49. The van der Waals surface area contributed by atoms with Gasteiger partial charge >= 0.3 is 0 Å². The standard InChI is InChI=1S/C19H36N2/c1-13(2)21-11-14-8-7-9-15(12-21)17(14)20-10-16-18(3,4)19(16,5)6/h13-17,20H,7-12H2,1-6H3. The van der Waals surface area contributed by atoms with E-state index >= 15 is 0 Å². The zero-order valence-corrected chi connectivity index (χ0v) is 15.1. The summed E-state index contributed by atoms with van der Waals surface area (Å²) in [7, 11) is 0. The highest BCUT2D eigenvalue weighted by Crippen LogP contribution is 2.68. The molecule has 0 amide bonds. The van der Waals surface area contributed by atoms with Gasteiger partial charge in [-0.25, -0.2) is 0 Å². The predicted molar refractivity (Wildman–Crippen MR) is 90.4 cm³/mol. The Kier molecular flexibility index (Phi) is 3.94. The molecule has 21 heavy (non-hydrogen) atoms. The number of hydrogen-bond acceptors (Lipinski definition) is 2. The third kappa shape index (κ3) is 2.57. The van der Waals surface area contributed by atoms with Crippen molar-refractivity contribution < 1.29 is 0 Å². The number of likely N-dealkylation sites (tertiary alicyclic amines) is 1. The van der Waals surface area contributed by atoms with E-state index in [1.165, 1.54) is 38.9 Å². The molecule has 2 bridgehead atoms. The fraction of sp³-hybridized carbons (Fsp3) is 1.00. The van der Waals surface area contributed by atoms with Gasteiger partial charge in [0.05, 0.1) is 0 Å². The molecule has 2 heteroatoms. The van der Waals surface area contributed by atoms with Crippen molar-refractivity contribution in [2.24, 2.45) is 28.6 Å². The first-order valence-corrected chi connectivity index (χ1v) is 9.22. The number of nitrogens with zero attached hydrogens (tertiary/aromatic N) is 1. The Labute approximate surface area is 132 Å². The average molecular weight is 293 g/mol. The van der Waals surface area contributed by atoms with Gasteiger partial charge in [-0.3, -0.25) is 0 Å². The lowest BCUT2D eigenvalue weighted by Crippen LogP contribution is -2.58. The molecule has 2 nitrogen and oxygen atoms in total. The summed E-state index contributed by atoms with van der Waals surface area (Å²) in [4.78, 5) is 2.72. The van der Waals surface area contributed by atoms with Crippen LogP contribution in [-0.4, -0.2) is 36.6 Å². The van der Waals surface area contributed by atoms with Gasteiger partial charge in [-0.05, 0) is 61.8 Å². The Morgan fingerprint density at radius 2 is 1.52 bits per heavy atom. The minimum atomic E-state index is 0.522. The Morgan fingerprint density at radius 3 is 1.95 bits per heavy atom. The second-order valence-corrected chi connectivity index (χ2v) is 9.43. The number of fused-ring (bicyclic) bond motifs is 2. The SMILES string of the molecule is CC(C)N1CC2CCCC(C1)C2NCC1C(C)(C)C1(C)C. The van der Waals surface area contributed by atoms with E-state index in [2.05, 4.69) is 51.8 Å². The van der Waals surface area contributed by atoms with Crippen LogP contribution in [0, 0.1) is 28.6 Å². The van der Waals surface area contributed by atoms with Crippen molar-refractivity contribution in [1.29, 1.82) is 0 Å². The van der Waals surface area contributed by atoms with Crippen LogP contribution in [0.2, 0.25) is 0 Å². The molecule has 2 saturated carbocycles. The van der Waals surface area contributed by atoms with Crippen molar-refractivity contribution in [1.82, 2.24) is 10.2 Å². The molecule has 1 N–H and O–H groups in total. The lowest BCUT2D eigenvalue weighted by molar-refractivity contribution is 0.0288. The topological polar surface area (TPSA) is 15.3 Å². The maximum atomic E-state index is 4.03. The summed E-state index contributed by atoms with van der Waals surface area (Å²) in [5.41, 5.74) is 1.04. The summed E-state index contributed by atoms with van der Waals surface area (Å²) < 4.78 is 0. The van der Waals surface area contributed by atoms with Crippen LogP contribution in [0.3, 0.4) is 0 Å². The van der Waals surface area contributed by atoms with Crippen molar-refractivity contribution in [3.8, 4) is 0 Å². The van der Waals surface area contributed by atoms with Crippen molar-refractivity contribution in [2.45, 2.75) is 72.9 Å². The summed E-state index contributed by atoms with van der Waals surface area (Å²) in [6.45, 7) is 18.4. The molecule has 1 aliphatic heterocycles. The normalized spacial score (nSPS) is 38.7. The van der Waals surface area contributed by atoms with Crippen LogP contribution in [0.4, 0.5) is 0 Å². The molecular weight excluding hydrogens is 256 g/mol. The van der Waals surface area contributed by atoms with Gasteiger partial charge in [-0.2, -0.15) is 0 Å². The van der Waals surface area contributed by atoms with Crippen molar-refractivity contribution >= 4 is 0 Å². The van der Waals surface area contributed by atoms with Crippen LogP contribution < -0.4 is 5.32 Å². The molecule has 1 saturated heterocycles. The molecule has 0 aromatic heterocycles. The quantitative estimate of drug-likeness (QED) is 0.848. The second kappa shape index (κ2) is 5.23. The molecule has 3 aliphatic rings. The van der Waals surface area contributed by atoms with Gasteiger partial charge in [0.15, 0.2) is 0 Å². The third-order valence-electron chi connectivity index (χ3n) is 7.71. The number of piperidine rings is 1. The van der Waals surface area contributed by atoms with E-state index in [4.69, 9.17) is 0 Å². The molecular formula is C19H36N2. The van der Waals surface area contributed by atoms with E-state index in [1.807, 2.05) is 0 Å². The van der Waals surface area contributed by atoms with Crippen LogP contribution >= 0.6 is 0 Å². The van der Waals surface area contributed by atoms with Crippen LogP contribution in [0.1, 0.15) is 60.8 Å². The monoisotopic (exact) mass is 292 g/mol. The van der Waals surface area contributed by atoms with Crippen molar-refractivity contribution in [3.63, 3.8) is 0 Å². The molecule has 0 aromatic rings. The minimum absolute atomic E-state index is 0.522. The Hall–Kier alpha value is -0.0800. The van der Waals surface area contributed by atoms with Gasteiger partial charge in [-0.15, -0.1) is 0 Å². The molecule has 0 spiro atoms. The van der Waals surface area contributed by atoms with Crippen LogP contribution in [0.25, 0.3) is 0 Å². The average Bonchev–Trinajstić information content (AvgIpc) is 2.75. The smallest absolute Gasteiger partial charge is 0.0148 e.